The van der Waals surface area contributed by atoms with Crippen LogP contribution < -0.4 is 5.32 Å². The summed E-state index contributed by atoms with van der Waals surface area (Å²) in [5.41, 5.74) is 6.18. The molecule has 0 saturated heterocycles. The van der Waals surface area contributed by atoms with Crippen molar-refractivity contribution in [3.63, 3.8) is 0 Å². The van der Waals surface area contributed by atoms with Crippen molar-refractivity contribution in [3.8, 4) is 0 Å². The molecule has 2 N–H and O–H groups in total. The van der Waals surface area contributed by atoms with Gasteiger partial charge in [-0.1, -0.05) is 0 Å². The van der Waals surface area contributed by atoms with E-state index >= 15 is 0 Å². The van der Waals surface area contributed by atoms with Crippen LogP contribution in [0.15, 0.2) is 28.9 Å². The summed E-state index contributed by atoms with van der Waals surface area (Å²) in [4.78, 5) is 4.57. The van der Waals surface area contributed by atoms with E-state index in [0.717, 1.165) is 28.1 Å². The Morgan fingerprint density at radius 3 is 2.94 bits per heavy atom. The number of nitrogens with two attached hydrogens (primary N) is 1. The third kappa shape index (κ3) is 1.45. The number of nitrogens with zero attached hydrogens (tertiary/aromatic N) is 3. The van der Waals surface area contributed by atoms with Crippen LogP contribution in [-0.2, 0) is 0 Å². The van der Waals surface area contributed by atoms with E-state index < -0.39 is 0 Å². The first-order chi connectivity index (χ1) is 7.74. The van der Waals surface area contributed by atoms with Gasteiger partial charge in [-0.25, -0.2) is 4.99 Å². The number of rotatable bonds is 0. The Hall–Kier alpha value is -1.59. The van der Waals surface area contributed by atoms with Gasteiger partial charge in [0.05, 0.1) is 11.7 Å². The zero-order valence-corrected chi connectivity index (χ0v) is 9.88. The van der Waals surface area contributed by atoms with Crippen LogP contribution in [0.4, 0.5) is 11.4 Å². The summed E-state index contributed by atoms with van der Waals surface area (Å²) >= 11 is 1.25. The molecule has 0 saturated carbocycles. The van der Waals surface area contributed by atoms with Crippen LogP contribution in [0.2, 0.25) is 0 Å². The van der Waals surface area contributed by atoms with Crippen LogP contribution in [0.3, 0.4) is 0 Å². The highest BCUT2D eigenvalue weighted by molar-refractivity contribution is 7.00. The number of benzene rings is 1. The van der Waals surface area contributed by atoms with E-state index in [-0.39, 0.29) is 0 Å². The van der Waals surface area contributed by atoms with Crippen molar-refractivity contribution in [1.29, 1.82) is 0 Å². The molecule has 0 aliphatic carbocycles. The Kier molecular flexibility index (Phi) is 2.08. The molecule has 0 unspecified atom stereocenters. The molecule has 1 aromatic carbocycles. The first-order valence-electron chi connectivity index (χ1n) is 5.07. The molecule has 2 aromatic rings. The second kappa shape index (κ2) is 3.47. The maximum atomic E-state index is 4.57. The maximum Gasteiger partial charge on any atom is 0.189 e. The molecule has 0 fully saturated rings. The fraction of sp³-hybridized carbons (Fsp3) is 0.182. The van der Waals surface area contributed by atoms with Crippen molar-refractivity contribution in [2.24, 2.45) is 4.99 Å². The van der Waals surface area contributed by atoms with Crippen molar-refractivity contribution in [2.45, 2.75) is 13.8 Å². The standard InChI is InChI=1S/C11H10N4S/c1-6-5-7(2)13-10-8(12-6)3-4-9-11(10)15-16-14-9/h3-5,13H,1-2H3/p+1. The normalized spacial score (nSPS) is 15.4. The van der Waals surface area contributed by atoms with Gasteiger partial charge in [-0.3, -0.25) is 5.32 Å². The molecule has 5 heteroatoms. The van der Waals surface area contributed by atoms with Gasteiger partial charge in [-0.05, 0) is 19.1 Å². The predicted molar refractivity (Wildman–Crippen MR) is 65.5 cm³/mol. The van der Waals surface area contributed by atoms with E-state index in [1.165, 1.54) is 17.4 Å². The smallest absolute Gasteiger partial charge is 0.189 e. The highest BCUT2D eigenvalue weighted by Crippen LogP contribution is 2.30. The molecule has 3 rings (SSSR count). The van der Waals surface area contributed by atoms with Crippen LogP contribution in [0.1, 0.15) is 13.8 Å². The van der Waals surface area contributed by atoms with Gasteiger partial charge in [0.25, 0.3) is 0 Å². The molecular weight excluding hydrogens is 220 g/mol. The van der Waals surface area contributed by atoms with Gasteiger partial charge in [0.2, 0.25) is 0 Å². The molecule has 16 heavy (non-hydrogen) atoms. The van der Waals surface area contributed by atoms with Crippen LogP contribution >= 0.6 is 11.7 Å². The third-order valence-corrected chi connectivity index (χ3v) is 3.09. The minimum absolute atomic E-state index is 0.947. The largest absolute Gasteiger partial charge is 0.282 e. The van der Waals surface area contributed by atoms with E-state index in [4.69, 9.17) is 0 Å². The van der Waals surface area contributed by atoms with Crippen LogP contribution in [0.5, 0.6) is 0 Å². The molecule has 0 radical (unpaired) electrons. The van der Waals surface area contributed by atoms with E-state index in [1.54, 1.807) is 0 Å². The van der Waals surface area contributed by atoms with Gasteiger partial charge in [0.15, 0.2) is 11.2 Å². The minimum atomic E-state index is 0.947. The number of hydrogen-bond donors (Lipinski definition) is 1. The zero-order chi connectivity index (χ0) is 11.1. The SMILES string of the molecule is CC1=CC(C)=Nc2ccc3nsnc3c2[NH2+]1. The number of aromatic nitrogens is 2. The van der Waals surface area contributed by atoms with Gasteiger partial charge in [0.1, 0.15) is 16.9 Å². The number of fused-ring (bicyclic) bond motifs is 3. The number of aliphatic imine (C=N–C) groups is 1. The average Bonchev–Trinajstić information content (AvgIpc) is 2.64. The molecule has 1 aliphatic rings. The van der Waals surface area contributed by atoms with E-state index in [1.807, 2.05) is 19.1 Å². The highest BCUT2D eigenvalue weighted by atomic mass is 32.1. The summed E-state index contributed by atoms with van der Waals surface area (Å²) in [7, 11) is 0. The zero-order valence-electron chi connectivity index (χ0n) is 9.06. The maximum absolute atomic E-state index is 4.57. The molecule has 0 spiro atoms. The summed E-state index contributed by atoms with van der Waals surface area (Å²) < 4.78 is 8.58. The van der Waals surface area contributed by atoms with Crippen molar-refractivity contribution in [2.75, 3.05) is 0 Å². The molecule has 1 aromatic heterocycles. The third-order valence-electron chi connectivity index (χ3n) is 2.55. The van der Waals surface area contributed by atoms with E-state index in [0.29, 0.717) is 0 Å². The molecule has 0 amide bonds. The lowest BCUT2D eigenvalue weighted by Crippen LogP contribution is -2.75. The van der Waals surface area contributed by atoms with Crippen molar-refractivity contribution >= 4 is 39.8 Å². The molecule has 4 nitrogen and oxygen atoms in total. The second-order valence-corrected chi connectivity index (χ2v) is 4.44. The summed E-state index contributed by atoms with van der Waals surface area (Å²) in [6, 6.07) is 3.98. The molecule has 2 heterocycles. The molecular formula is C11H11N4S+. The van der Waals surface area contributed by atoms with Gasteiger partial charge < -0.3 is 0 Å². The molecule has 0 bridgehead atoms. The summed E-state index contributed by atoms with van der Waals surface area (Å²) in [6.07, 6.45) is 2.08. The highest BCUT2D eigenvalue weighted by Gasteiger charge is 2.17. The molecule has 1 aliphatic heterocycles. The van der Waals surface area contributed by atoms with Crippen molar-refractivity contribution in [1.82, 2.24) is 8.75 Å². The second-order valence-electron chi connectivity index (χ2n) is 3.92. The Bertz CT molecular complexity index is 624. The van der Waals surface area contributed by atoms with Gasteiger partial charge in [0, 0.05) is 18.7 Å². The number of quaternary nitrogens is 1. The first kappa shape index (κ1) is 9.62. The van der Waals surface area contributed by atoms with Crippen LogP contribution in [0.25, 0.3) is 11.0 Å². The quantitative estimate of drug-likeness (QED) is 0.704. The van der Waals surface area contributed by atoms with Gasteiger partial charge in [-0.15, -0.1) is 0 Å². The Morgan fingerprint density at radius 2 is 2.06 bits per heavy atom. The summed E-state index contributed by atoms with van der Waals surface area (Å²) in [6.45, 7) is 4.09. The minimum Gasteiger partial charge on any atom is -0.282 e. The Morgan fingerprint density at radius 1 is 1.19 bits per heavy atom. The topological polar surface area (TPSA) is 54.8 Å². The number of hydrogen-bond acceptors (Lipinski definition) is 4. The van der Waals surface area contributed by atoms with Crippen LogP contribution in [0, 0.1) is 0 Å². The Balaban J connectivity index is 2.34. The lowest BCUT2D eigenvalue weighted by atomic mass is 10.2. The summed E-state index contributed by atoms with van der Waals surface area (Å²) in [5.74, 6) is 0. The van der Waals surface area contributed by atoms with Crippen molar-refractivity contribution < 1.29 is 5.32 Å². The lowest BCUT2D eigenvalue weighted by Gasteiger charge is -2.01. The first-order valence-corrected chi connectivity index (χ1v) is 5.81. The van der Waals surface area contributed by atoms with Gasteiger partial charge in [-0.2, -0.15) is 8.75 Å². The molecule has 80 valence electrons. The van der Waals surface area contributed by atoms with Gasteiger partial charge >= 0.3 is 0 Å². The summed E-state index contributed by atoms with van der Waals surface area (Å²) in [5, 5.41) is 2.12. The van der Waals surface area contributed by atoms with Crippen LogP contribution in [-0.4, -0.2) is 14.5 Å². The average molecular weight is 231 g/mol. The van der Waals surface area contributed by atoms with E-state index in [2.05, 4.69) is 32.1 Å². The number of allylic oxidation sites excluding steroid dienone is 2. The van der Waals surface area contributed by atoms with Crippen molar-refractivity contribution in [3.05, 3.63) is 23.9 Å². The lowest BCUT2D eigenvalue weighted by molar-refractivity contribution is -0.514. The monoisotopic (exact) mass is 231 g/mol. The fourth-order valence-corrected chi connectivity index (χ4v) is 2.47. The Labute approximate surface area is 97.0 Å². The molecule has 0 atom stereocenters. The predicted octanol–water partition coefficient (Wildman–Crippen LogP) is 1.90. The van der Waals surface area contributed by atoms with E-state index in [9.17, 15) is 0 Å². The fourth-order valence-electron chi connectivity index (χ4n) is 1.92.